The average molecular weight is 269 g/mol. The van der Waals surface area contributed by atoms with Crippen LogP contribution >= 0.6 is 0 Å². The minimum absolute atomic E-state index is 0.105. The summed E-state index contributed by atoms with van der Waals surface area (Å²) in [6.07, 6.45) is 3.14. The first-order chi connectivity index (χ1) is 8.92. The summed E-state index contributed by atoms with van der Waals surface area (Å²) in [5, 5.41) is 5.80. The summed E-state index contributed by atoms with van der Waals surface area (Å²) >= 11 is 0. The highest BCUT2D eigenvalue weighted by atomic mass is 16.2. The van der Waals surface area contributed by atoms with Crippen molar-refractivity contribution >= 4 is 11.8 Å². The normalized spacial score (nSPS) is 17.9. The number of hydrogen-bond acceptors (Lipinski definition) is 3. The molecule has 0 spiro atoms. The van der Waals surface area contributed by atoms with Crippen molar-refractivity contribution < 1.29 is 9.59 Å². The van der Waals surface area contributed by atoms with Crippen LogP contribution in [0.15, 0.2) is 0 Å². The second-order valence-electron chi connectivity index (χ2n) is 5.78. The van der Waals surface area contributed by atoms with Crippen LogP contribution < -0.4 is 10.6 Å². The number of amides is 2. The van der Waals surface area contributed by atoms with E-state index in [0.717, 1.165) is 19.4 Å². The van der Waals surface area contributed by atoms with Gasteiger partial charge in [-0.25, -0.2) is 0 Å². The number of hydrogen-bond donors (Lipinski definition) is 2. The molecule has 0 saturated heterocycles. The lowest BCUT2D eigenvalue weighted by Gasteiger charge is -2.18. The zero-order valence-corrected chi connectivity index (χ0v) is 12.6. The SMILES string of the molecule is CCC(C)NC(=O)C1(C(=O)NCCCN(C)C)CC1. The van der Waals surface area contributed by atoms with E-state index in [1.54, 1.807) is 0 Å². The highest BCUT2D eigenvalue weighted by molar-refractivity contribution is 6.07. The Morgan fingerprint density at radius 2 is 1.89 bits per heavy atom. The molecule has 1 unspecified atom stereocenters. The molecule has 1 rings (SSSR count). The van der Waals surface area contributed by atoms with Crippen LogP contribution in [-0.2, 0) is 9.59 Å². The maximum absolute atomic E-state index is 12.1. The maximum atomic E-state index is 12.1. The number of carbonyl (C=O) groups excluding carboxylic acids is 2. The van der Waals surface area contributed by atoms with Gasteiger partial charge in [0.05, 0.1) is 0 Å². The molecule has 0 aromatic rings. The van der Waals surface area contributed by atoms with Crippen molar-refractivity contribution in [3.05, 3.63) is 0 Å². The van der Waals surface area contributed by atoms with Gasteiger partial charge in [-0.15, -0.1) is 0 Å². The number of nitrogens with one attached hydrogen (secondary N) is 2. The van der Waals surface area contributed by atoms with Gasteiger partial charge in [-0.3, -0.25) is 9.59 Å². The molecule has 0 aromatic carbocycles. The first kappa shape index (κ1) is 16.0. The third kappa shape index (κ3) is 4.49. The van der Waals surface area contributed by atoms with Gasteiger partial charge >= 0.3 is 0 Å². The van der Waals surface area contributed by atoms with Crippen molar-refractivity contribution in [2.24, 2.45) is 5.41 Å². The fourth-order valence-electron chi connectivity index (χ4n) is 1.91. The number of carbonyl (C=O) groups is 2. The summed E-state index contributed by atoms with van der Waals surface area (Å²) in [5.41, 5.74) is -0.776. The van der Waals surface area contributed by atoms with Gasteiger partial charge in [0.25, 0.3) is 0 Å². The van der Waals surface area contributed by atoms with Crippen LogP contribution in [0.4, 0.5) is 0 Å². The summed E-state index contributed by atoms with van der Waals surface area (Å²) in [4.78, 5) is 26.3. The Labute approximate surface area is 116 Å². The number of rotatable bonds is 8. The minimum atomic E-state index is -0.776. The lowest BCUT2D eigenvalue weighted by molar-refractivity contribution is -0.137. The van der Waals surface area contributed by atoms with Crippen molar-refractivity contribution in [3.63, 3.8) is 0 Å². The van der Waals surface area contributed by atoms with E-state index in [0.29, 0.717) is 19.4 Å². The van der Waals surface area contributed by atoms with E-state index in [-0.39, 0.29) is 17.9 Å². The average Bonchev–Trinajstić information content (AvgIpc) is 3.15. The van der Waals surface area contributed by atoms with Crippen molar-refractivity contribution in [1.29, 1.82) is 0 Å². The van der Waals surface area contributed by atoms with Crippen molar-refractivity contribution in [2.45, 2.75) is 45.6 Å². The molecule has 0 radical (unpaired) electrons. The lowest BCUT2D eigenvalue weighted by Crippen LogP contribution is -2.46. The molecule has 19 heavy (non-hydrogen) atoms. The van der Waals surface area contributed by atoms with E-state index in [2.05, 4.69) is 15.5 Å². The zero-order valence-electron chi connectivity index (χ0n) is 12.6. The molecule has 1 fully saturated rings. The molecule has 2 amide bonds. The molecule has 0 aliphatic heterocycles. The molecule has 0 bridgehead atoms. The topological polar surface area (TPSA) is 61.4 Å². The van der Waals surface area contributed by atoms with Gasteiger partial charge in [-0.05, 0) is 53.2 Å². The van der Waals surface area contributed by atoms with Crippen LogP contribution in [0.3, 0.4) is 0 Å². The third-order valence-electron chi connectivity index (χ3n) is 3.68. The summed E-state index contributed by atoms with van der Waals surface area (Å²) < 4.78 is 0. The molecule has 1 saturated carbocycles. The van der Waals surface area contributed by atoms with E-state index < -0.39 is 5.41 Å². The van der Waals surface area contributed by atoms with Crippen molar-refractivity contribution in [3.8, 4) is 0 Å². The number of nitrogens with zero attached hydrogens (tertiary/aromatic N) is 1. The van der Waals surface area contributed by atoms with Crippen LogP contribution in [0, 0.1) is 5.41 Å². The molecular formula is C14H27N3O2. The fraction of sp³-hybridized carbons (Fsp3) is 0.857. The minimum Gasteiger partial charge on any atom is -0.355 e. The molecule has 2 N–H and O–H groups in total. The highest BCUT2D eigenvalue weighted by Gasteiger charge is 2.56. The van der Waals surface area contributed by atoms with Gasteiger partial charge in [0, 0.05) is 12.6 Å². The lowest BCUT2D eigenvalue weighted by atomic mass is 10.0. The Hall–Kier alpha value is -1.10. The molecule has 0 heterocycles. The summed E-state index contributed by atoms with van der Waals surface area (Å²) in [6.45, 7) is 5.55. The van der Waals surface area contributed by atoms with E-state index in [1.165, 1.54) is 0 Å². The van der Waals surface area contributed by atoms with E-state index in [4.69, 9.17) is 0 Å². The summed E-state index contributed by atoms with van der Waals surface area (Å²) in [5.74, 6) is -0.209. The van der Waals surface area contributed by atoms with Gasteiger partial charge in [0.1, 0.15) is 5.41 Å². The third-order valence-corrected chi connectivity index (χ3v) is 3.68. The Bertz CT molecular complexity index is 325. The van der Waals surface area contributed by atoms with Gasteiger partial charge in [-0.2, -0.15) is 0 Å². The molecule has 110 valence electrons. The van der Waals surface area contributed by atoms with Crippen LogP contribution in [0.2, 0.25) is 0 Å². The fourth-order valence-corrected chi connectivity index (χ4v) is 1.91. The van der Waals surface area contributed by atoms with Gasteiger partial charge < -0.3 is 15.5 Å². The summed E-state index contributed by atoms with van der Waals surface area (Å²) in [6, 6.07) is 0.131. The first-order valence-corrected chi connectivity index (χ1v) is 7.16. The van der Waals surface area contributed by atoms with Gasteiger partial charge in [0.15, 0.2) is 0 Å². The predicted octanol–water partition coefficient (Wildman–Crippen LogP) is 0.749. The zero-order chi connectivity index (χ0) is 14.5. The second-order valence-corrected chi connectivity index (χ2v) is 5.78. The second kappa shape index (κ2) is 6.89. The Balaban J connectivity index is 2.36. The van der Waals surface area contributed by atoms with Crippen LogP contribution in [-0.4, -0.2) is 49.9 Å². The Morgan fingerprint density at radius 3 is 2.37 bits per heavy atom. The molecule has 5 heteroatoms. The molecule has 5 nitrogen and oxygen atoms in total. The predicted molar refractivity (Wildman–Crippen MR) is 75.7 cm³/mol. The maximum Gasteiger partial charge on any atom is 0.235 e. The van der Waals surface area contributed by atoms with Crippen molar-refractivity contribution in [1.82, 2.24) is 15.5 Å². The van der Waals surface area contributed by atoms with E-state index >= 15 is 0 Å². The largest absolute Gasteiger partial charge is 0.355 e. The molecule has 1 aliphatic rings. The molecular weight excluding hydrogens is 242 g/mol. The Kier molecular flexibility index (Phi) is 5.79. The van der Waals surface area contributed by atoms with E-state index in [9.17, 15) is 9.59 Å². The monoisotopic (exact) mass is 269 g/mol. The quantitative estimate of drug-likeness (QED) is 0.505. The van der Waals surface area contributed by atoms with E-state index in [1.807, 2.05) is 27.9 Å². The molecule has 1 atom stereocenters. The van der Waals surface area contributed by atoms with Crippen LogP contribution in [0.25, 0.3) is 0 Å². The van der Waals surface area contributed by atoms with Crippen molar-refractivity contribution in [2.75, 3.05) is 27.2 Å². The Morgan fingerprint density at radius 1 is 1.26 bits per heavy atom. The smallest absolute Gasteiger partial charge is 0.235 e. The standard InChI is InChI=1S/C14H27N3O2/c1-5-11(2)16-13(19)14(7-8-14)12(18)15-9-6-10-17(3)4/h11H,5-10H2,1-4H3,(H,15,18)(H,16,19). The van der Waals surface area contributed by atoms with Gasteiger partial charge in [-0.1, -0.05) is 6.92 Å². The van der Waals surface area contributed by atoms with Crippen LogP contribution in [0.1, 0.15) is 39.5 Å². The van der Waals surface area contributed by atoms with Gasteiger partial charge in [0.2, 0.25) is 11.8 Å². The summed E-state index contributed by atoms with van der Waals surface area (Å²) in [7, 11) is 4.01. The highest BCUT2D eigenvalue weighted by Crippen LogP contribution is 2.46. The first-order valence-electron chi connectivity index (χ1n) is 7.16. The molecule has 1 aliphatic carbocycles. The molecule has 0 aromatic heterocycles. The van der Waals surface area contributed by atoms with Crippen LogP contribution in [0.5, 0.6) is 0 Å².